The molecule has 2 N–H and O–H groups in total. The summed E-state index contributed by atoms with van der Waals surface area (Å²) in [6, 6.07) is 6.54. The number of phenolic OH excluding ortho intramolecular Hbond substituents is 1. The molecule has 1 aromatic carbocycles. The number of hydrogen-bond acceptors (Lipinski definition) is 2. The standard InChI is InChI=1S/C17H22BrNO/c18-15-6-10(4-5-17(15)20)9-19-16-8-11-7-14(16)13-3-1-2-12(11)13/h4-6,11-14,16,19-20H,1-3,7-9H2. The molecule has 5 atom stereocenters. The van der Waals surface area contributed by atoms with Gasteiger partial charge in [0.1, 0.15) is 5.75 Å². The normalized spacial score (nSPS) is 38.4. The number of fused-ring (bicyclic) bond motifs is 5. The minimum Gasteiger partial charge on any atom is -0.507 e. The van der Waals surface area contributed by atoms with Crippen LogP contribution in [-0.2, 0) is 6.54 Å². The second kappa shape index (κ2) is 5.03. The van der Waals surface area contributed by atoms with Crippen LogP contribution in [0, 0.1) is 23.7 Å². The van der Waals surface area contributed by atoms with E-state index < -0.39 is 0 Å². The maximum absolute atomic E-state index is 9.54. The fourth-order valence-electron chi connectivity index (χ4n) is 5.21. The first-order valence-corrected chi connectivity index (χ1v) is 8.72. The highest BCUT2D eigenvalue weighted by molar-refractivity contribution is 9.10. The lowest BCUT2D eigenvalue weighted by Crippen LogP contribution is -2.38. The van der Waals surface area contributed by atoms with Crippen molar-refractivity contribution < 1.29 is 5.11 Å². The molecule has 20 heavy (non-hydrogen) atoms. The largest absolute Gasteiger partial charge is 0.507 e. The highest BCUT2D eigenvalue weighted by atomic mass is 79.9. The monoisotopic (exact) mass is 335 g/mol. The lowest BCUT2D eigenvalue weighted by Gasteiger charge is -2.32. The summed E-state index contributed by atoms with van der Waals surface area (Å²) in [5.74, 6) is 4.37. The van der Waals surface area contributed by atoms with Crippen molar-refractivity contribution in [1.29, 1.82) is 0 Å². The van der Waals surface area contributed by atoms with Crippen LogP contribution in [-0.4, -0.2) is 11.1 Å². The Morgan fingerprint density at radius 2 is 2.00 bits per heavy atom. The third-order valence-electron chi connectivity index (χ3n) is 6.01. The first-order chi connectivity index (χ1) is 9.72. The lowest BCUT2D eigenvalue weighted by molar-refractivity contribution is 0.208. The van der Waals surface area contributed by atoms with Gasteiger partial charge in [-0.15, -0.1) is 0 Å². The van der Waals surface area contributed by atoms with Crippen LogP contribution in [0.1, 0.15) is 37.7 Å². The van der Waals surface area contributed by atoms with E-state index in [1.807, 2.05) is 12.1 Å². The third kappa shape index (κ3) is 2.10. The predicted octanol–water partition coefficient (Wildman–Crippen LogP) is 4.07. The molecule has 108 valence electrons. The Labute approximate surface area is 129 Å². The van der Waals surface area contributed by atoms with Crippen molar-refractivity contribution in [1.82, 2.24) is 5.32 Å². The van der Waals surface area contributed by atoms with Crippen molar-refractivity contribution in [3.8, 4) is 5.75 Å². The molecule has 0 saturated heterocycles. The summed E-state index contributed by atoms with van der Waals surface area (Å²) in [7, 11) is 0. The number of rotatable bonds is 3. The molecule has 0 heterocycles. The average molecular weight is 336 g/mol. The summed E-state index contributed by atoms with van der Waals surface area (Å²) in [6.45, 7) is 0.921. The van der Waals surface area contributed by atoms with Gasteiger partial charge >= 0.3 is 0 Å². The first-order valence-electron chi connectivity index (χ1n) is 7.93. The molecule has 3 heteroatoms. The summed E-state index contributed by atoms with van der Waals surface area (Å²) in [5, 5.41) is 13.3. The van der Waals surface area contributed by atoms with Crippen LogP contribution in [0.3, 0.4) is 0 Å². The molecular weight excluding hydrogens is 314 g/mol. The fourth-order valence-corrected chi connectivity index (χ4v) is 5.64. The molecule has 0 amide bonds. The smallest absolute Gasteiger partial charge is 0.129 e. The van der Waals surface area contributed by atoms with Crippen molar-refractivity contribution in [2.24, 2.45) is 23.7 Å². The number of halogens is 1. The Morgan fingerprint density at radius 3 is 2.85 bits per heavy atom. The van der Waals surface area contributed by atoms with Crippen molar-refractivity contribution in [3.63, 3.8) is 0 Å². The third-order valence-corrected chi connectivity index (χ3v) is 6.64. The summed E-state index contributed by atoms with van der Waals surface area (Å²) in [4.78, 5) is 0. The quantitative estimate of drug-likeness (QED) is 0.872. The van der Waals surface area contributed by atoms with E-state index in [2.05, 4.69) is 21.2 Å². The molecular formula is C17H22BrNO. The number of hydrogen-bond donors (Lipinski definition) is 2. The van der Waals surface area contributed by atoms with Gasteiger partial charge in [0.2, 0.25) is 0 Å². The predicted molar refractivity (Wildman–Crippen MR) is 83.5 cm³/mol. The minimum absolute atomic E-state index is 0.322. The van der Waals surface area contributed by atoms with Gasteiger partial charge in [-0.05, 0) is 83.0 Å². The first kappa shape index (κ1) is 13.1. The highest BCUT2D eigenvalue weighted by Gasteiger charge is 2.53. The van der Waals surface area contributed by atoms with Crippen LogP contribution in [0.15, 0.2) is 22.7 Å². The topological polar surface area (TPSA) is 32.3 Å². The molecule has 0 radical (unpaired) electrons. The number of benzene rings is 1. The van der Waals surface area contributed by atoms with E-state index in [1.54, 1.807) is 6.07 Å². The van der Waals surface area contributed by atoms with Gasteiger partial charge in [-0.25, -0.2) is 0 Å². The summed E-state index contributed by atoms with van der Waals surface area (Å²) >= 11 is 3.39. The lowest BCUT2D eigenvalue weighted by atomic mass is 9.79. The molecule has 0 aromatic heterocycles. The number of phenols is 1. The Hall–Kier alpha value is -0.540. The Morgan fingerprint density at radius 1 is 1.15 bits per heavy atom. The number of nitrogens with one attached hydrogen (secondary N) is 1. The van der Waals surface area contributed by atoms with E-state index in [1.165, 1.54) is 37.7 Å². The van der Waals surface area contributed by atoms with E-state index in [4.69, 9.17) is 0 Å². The molecule has 3 saturated carbocycles. The second-order valence-electron chi connectivity index (χ2n) is 6.93. The Balaban J connectivity index is 1.40. The molecule has 4 rings (SSSR count). The van der Waals surface area contributed by atoms with E-state index in [9.17, 15) is 5.11 Å². The molecule has 3 aliphatic carbocycles. The molecule has 5 unspecified atom stereocenters. The Bertz CT molecular complexity index is 518. The van der Waals surface area contributed by atoms with Crippen molar-refractivity contribution in [2.75, 3.05) is 0 Å². The molecule has 2 bridgehead atoms. The Kier molecular flexibility index (Phi) is 3.30. The van der Waals surface area contributed by atoms with Crippen LogP contribution < -0.4 is 5.32 Å². The molecule has 0 aliphatic heterocycles. The van der Waals surface area contributed by atoms with Gasteiger partial charge < -0.3 is 10.4 Å². The summed E-state index contributed by atoms with van der Waals surface area (Å²) < 4.78 is 0.792. The molecule has 1 aromatic rings. The molecule has 3 aliphatic rings. The highest BCUT2D eigenvalue weighted by Crippen LogP contribution is 2.58. The SMILES string of the molecule is Oc1ccc(CNC2CC3CC2C2CCCC32)cc1Br. The fraction of sp³-hybridized carbons (Fsp3) is 0.647. The zero-order valence-corrected chi connectivity index (χ0v) is 13.3. The van der Waals surface area contributed by atoms with Crippen molar-refractivity contribution in [3.05, 3.63) is 28.2 Å². The minimum atomic E-state index is 0.322. The van der Waals surface area contributed by atoms with Gasteiger partial charge in [0.25, 0.3) is 0 Å². The zero-order valence-electron chi connectivity index (χ0n) is 11.7. The zero-order chi connectivity index (χ0) is 13.7. The van der Waals surface area contributed by atoms with E-state index in [-0.39, 0.29) is 0 Å². The average Bonchev–Trinajstić information content (AvgIpc) is 3.11. The van der Waals surface area contributed by atoms with Gasteiger partial charge in [0.15, 0.2) is 0 Å². The van der Waals surface area contributed by atoms with Crippen LogP contribution in [0.5, 0.6) is 5.75 Å². The van der Waals surface area contributed by atoms with Crippen molar-refractivity contribution >= 4 is 15.9 Å². The second-order valence-corrected chi connectivity index (χ2v) is 7.78. The van der Waals surface area contributed by atoms with Crippen LogP contribution in [0.2, 0.25) is 0 Å². The molecule has 0 spiro atoms. The molecule has 3 fully saturated rings. The van der Waals surface area contributed by atoms with Crippen LogP contribution in [0.25, 0.3) is 0 Å². The maximum Gasteiger partial charge on any atom is 0.129 e. The van der Waals surface area contributed by atoms with E-state index >= 15 is 0 Å². The summed E-state index contributed by atoms with van der Waals surface area (Å²) in [6.07, 6.45) is 7.33. The van der Waals surface area contributed by atoms with E-state index in [0.717, 1.165) is 40.7 Å². The van der Waals surface area contributed by atoms with Gasteiger partial charge in [-0.2, -0.15) is 0 Å². The van der Waals surface area contributed by atoms with E-state index in [0.29, 0.717) is 5.75 Å². The number of aromatic hydroxyl groups is 1. The van der Waals surface area contributed by atoms with Gasteiger partial charge in [0.05, 0.1) is 4.47 Å². The maximum atomic E-state index is 9.54. The van der Waals surface area contributed by atoms with Gasteiger partial charge in [0, 0.05) is 12.6 Å². The molecule has 2 nitrogen and oxygen atoms in total. The van der Waals surface area contributed by atoms with Gasteiger partial charge in [-0.3, -0.25) is 0 Å². The van der Waals surface area contributed by atoms with Crippen molar-refractivity contribution in [2.45, 2.75) is 44.7 Å². The van der Waals surface area contributed by atoms with Crippen LogP contribution in [0.4, 0.5) is 0 Å². The van der Waals surface area contributed by atoms with Crippen LogP contribution >= 0.6 is 15.9 Å². The summed E-state index contributed by atoms with van der Waals surface area (Å²) in [5.41, 5.74) is 1.25. The van der Waals surface area contributed by atoms with Gasteiger partial charge in [-0.1, -0.05) is 12.5 Å².